The molecule has 28 heavy (non-hydrogen) atoms. The second-order valence-electron chi connectivity index (χ2n) is 7.51. The number of ether oxygens (including phenoxy) is 1. The van der Waals surface area contributed by atoms with Crippen LogP contribution < -0.4 is 4.72 Å². The number of sulfonamides is 1. The van der Waals surface area contributed by atoms with Gasteiger partial charge in [-0.05, 0) is 63.5 Å². The number of nitrogens with one attached hydrogen (secondary N) is 1. The van der Waals surface area contributed by atoms with Gasteiger partial charge in [0.2, 0.25) is 10.0 Å². The molecule has 8 heteroatoms. The van der Waals surface area contributed by atoms with E-state index in [1.165, 1.54) is 17.8 Å². The minimum absolute atomic E-state index is 0.0846. The number of benzene rings is 1. The van der Waals surface area contributed by atoms with Crippen molar-refractivity contribution >= 4 is 27.7 Å². The molecule has 1 aliphatic rings. The van der Waals surface area contributed by atoms with E-state index in [0.29, 0.717) is 31.1 Å². The Morgan fingerprint density at radius 1 is 1.32 bits per heavy atom. The molecule has 1 aromatic carbocycles. The van der Waals surface area contributed by atoms with Crippen molar-refractivity contribution in [2.45, 2.75) is 55.9 Å². The fraction of sp³-hybridized carbons (Fsp3) is 0.650. The zero-order valence-electron chi connectivity index (χ0n) is 17.2. The maximum atomic E-state index is 13.0. The summed E-state index contributed by atoms with van der Waals surface area (Å²) in [6.45, 7) is 8.32. The molecule has 6 nitrogen and oxygen atoms in total. The van der Waals surface area contributed by atoms with Gasteiger partial charge in [0.25, 0.3) is 5.91 Å². The molecule has 0 aromatic heterocycles. The highest BCUT2D eigenvalue weighted by molar-refractivity contribution is 7.98. The van der Waals surface area contributed by atoms with Crippen molar-refractivity contribution in [3.05, 3.63) is 23.8 Å². The summed E-state index contributed by atoms with van der Waals surface area (Å²) < 4.78 is 33.3. The Kier molecular flexibility index (Phi) is 8.80. The Morgan fingerprint density at radius 3 is 2.61 bits per heavy atom. The SMILES string of the molecule is CSc1ccc(S(=O)(=O)NCCCOC(C)C)cc1C(=O)N1CCC(C)CC1. The van der Waals surface area contributed by atoms with Crippen LogP contribution in [0.1, 0.15) is 50.4 Å². The molecule has 1 N–H and O–H groups in total. The van der Waals surface area contributed by atoms with Crippen LogP contribution in [-0.4, -0.2) is 57.8 Å². The van der Waals surface area contributed by atoms with Crippen LogP contribution in [0.3, 0.4) is 0 Å². The number of carbonyl (C=O) groups is 1. The Labute approximate surface area is 173 Å². The van der Waals surface area contributed by atoms with Crippen LogP contribution >= 0.6 is 11.8 Å². The molecular formula is C20H32N2O4S2. The van der Waals surface area contributed by atoms with Crippen LogP contribution in [0.4, 0.5) is 0 Å². The van der Waals surface area contributed by atoms with Crippen molar-refractivity contribution in [2.75, 3.05) is 32.5 Å². The van der Waals surface area contributed by atoms with E-state index in [9.17, 15) is 13.2 Å². The topological polar surface area (TPSA) is 75.7 Å². The first-order valence-corrected chi connectivity index (χ1v) is 12.5. The van der Waals surface area contributed by atoms with Gasteiger partial charge in [-0.1, -0.05) is 6.92 Å². The lowest BCUT2D eigenvalue weighted by Gasteiger charge is -2.30. The minimum atomic E-state index is -3.67. The van der Waals surface area contributed by atoms with Crippen LogP contribution in [0.15, 0.2) is 28.0 Å². The van der Waals surface area contributed by atoms with Crippen molar-refractivity contribution in [2.24, 2.45) is 5.92 Å². The average Bonchev–Trinajstić information content (AvgIpc) is 2.67. The monoisotopic (exact) mass is 428 g/mol. The molecular weight excluding hydrogens is 396 g/mol. The molecule has 0 aliphatic carbocycles. The van der Waals surface area contributed by atoms with Crippen molar-refractivity contribution in [3.63, 3.8) is 0 Å². The van der Waals surface area contributed by atoms with E-state index in [2.05, 4.69) is 11.6 Å². The first kappa shape index (κ1) is 23.2. The van der Waals surface area contributed by atoms with E-state index in [0.717, 1.165) is 30.8 Å². The Hall–Kier alpha value is -1.09. The van der Waals surface area contributed by atoms with E-state index < -0.39 is 10.0 Å². The highest BCUT2D eigenvalue weighted by Crippen LogP contribution is 2.27. The summed E-state index contributed by atoms with van der Waals surface area (Å²) in [5, 5.41) is 0. The maximum absolute atomic E-state index is 13.0. The average molecular weight is 429 g/mol. The maximum Gasteiger partial charge on any atom is 0.255 e. The number of piperidine rings is 1. The number of hydrogen-bond donors (Lipinski definition) is 1. The van der Waals surface area contributed by atoms with Gasteiger partial charge < -0.3 is 9.64 Å². The lowest BCUT2D eigenvalue weighted by molar-refractivity contribution is 0.0693. The van der Waals surface area contributed by atoms with Gasteiger partial charge >= 0.3 is 0 Å². The van der Waals surface area contributed by atoms with E-state index in [-0.39, 0.29) is 16.9 Å². The molecule has 2 rings (SSSR count). The summed E-state index contributed by atoms with van der Waals surface area (Å²) in [6, 6.07) is 4.80. The fourth-order valence-electron chi connectivity index (χ4n) is 3.08. The van der Waals surface area contributed by atoms with Gasteiger partial charge in [-0.2, -0.15) is 0 Å². The third kappa shape index (κ3) is 6.47. The molecule has 1 heterocycles. The van der Waals surface area contributed by atoms with Crippen molar-refractivity contribution in [1.29, 1.82) is 0 Å². The molecule has 1 amide bonds. The van der Waals surface area contributed by atoms with Crippen LogP contribution in [0.25, 0.3) is 0 Å². The first-order valence-electron chi connectivity index (χ1n) is 9.83. The van der Waals surface area contributed by atoms with Crippen LogP contribution in [0.2, 0.25) is 0 Å². The summed E-state index contributed by atoms with van der Waals surface area (Å²) >= 11 is 1.46. The van der Waals surface area contributed by atoms with Crippen LogP contribution in [-0.2, 0) is 14.8 Å². The van der Waals surface area contributed by atoms with E-state index in [4.69, 9.17) is 4.74 Å². The summed E-state index contributed by atoms with van der Waals surface area (Å²) in [5.74, 6) is 0.540. The number of thioether (sulfide) groups is 1. The smallest absolute Gasteiger partial charge is 0.255 e. The molecule has 1 fully saturated rings. The third-order valence-electron chi connectivity index (χ3n) is 4.85. The number of nitrogens with zero attached hydrogens (tertiary/aromatic N) is 1. The third-order valence-corrected chi connectivity index (χ3v) is 7.10. The Balaban J connectivity index is 2.11. The van der Waals surface area contributed by atoms with Gasteiger partial charge in [0.05, 0.1) is 16.6 Å². The van der Waals surface area contributed by atoms with E-state index in [1.807, 2.05) is 25.0 Å². The normalized spacial score (nSPS) is 16.0. The lowest BCUT2D eigenvalue weighted by atomic mass is 9.98. The zero-order valence-corrected chi connectivity index (χ0v) is 18.9. The van der Waals surface area contributed by atoms with Gasteiger partial charge in [0.15, 0.2) is 0 Å². The summed E-state index contributed by atoms with van der Waals surface area (Å²) in [6.07, 6.45) is 4.59. The number of rotatable bonds is 9. The predicted molar refractivity (Wildman–Crippen MR) is 113 cm³/mol. The highest BCUT2D eigenvalue weighted by Gasteiger charge is 2.25. The Bertz CT molecular complexity index is 757. The number of hydrogen-bond acceptors (Lipinski definition) is 5. The second-order valence-corrected chi connectivity index (χ2v) is 10.1. The molecule has 1 aliphatic heterocycles. The second kappa shape index (κ2) is 10.6. The fourth-order valence-corrected chi connectivity index (χ4v) is 4.75. The molecule has 0 saturated carbocycles. The van der Waals surface area contributed by atoms with Gasteiger partial charge in [-0.15, -0.1) is 11.8 Å². The Morgan fingerprint density at radius 2 is 2.00 bits per heavy atom. The number of likely N-dealkylation sites (tertiary alicyclic amines) is 1. The molecule has 0 bridgehead atoms. The van der Waals surface area contributed by atoms with E-state index >= 15 is 0 Å². The first-order chi connectivity index (χ1) is 13.2. The summed E-state index contributed by atoms with van der Waals surface area (Å²) in [5.41, 5.74) is 0.466. The van der Waals surface area contributed by atoms with Crippen molar-refractivity contribution in [3.8, 4) is 0 Å². The summed E-state index contributed by atoms with van der Waals surface area (Å²) in [4.78, 5) is 15.8. The summed E-state index contributed by atoms with van der Waals surface area (Å²) in [7, 11) is -3.67. The molecule has 0 spiro atoms. The molecule has 158 valence electrons. The van der Waals surface area contributed by atoms with Crippen molar-refractivity contribution in [1.82, 2.24) is 9.62 Å². The lowest BCUT2D eigenvalue weighted by Crippen LogP contribution is -2.38. The van der Waals surface area contributed by atoms with Gasteiger partial charge in [-0.3, -0.25) is 4.79 Å². The van der Waals surface area contributed by atoms with Crippen molar-refractivity contribution < 1.29 is 17.9 Å². The molecule has 0 radical (unpaired) electrons. The van der Waals surface area contributed by atoms with Crippen LogP contribution in [0.5, 0.6) is 0 Å². The molecule has 1 saturated heterocycles. The highest BCUT2D eigenvalue weighted by atomic mass is 32.2. The molecule has 1 aromatic rings. The number of carbonyl (C=O) groups excluding carboxylic acids is 1. The quantitative estimate of drug-likeness (QED) is 0.482. The largest absolute Gasteiger partial charge is 0.379 e. The minimum Gasteiger partial charge on any atom is -0.379 e. The van der Waals surface area contributed by atoms with Crippen LogP contribution in [0, 0.1) is 5.92 Å². The van der Waals surface area contributed by atoms with Gasteiger partial charge in [0, 0.05) is 31.1 Å². The standard InChI is InChI=1S/C20H32N2O4S2/c1-15(2)26-13-5-10-21-28(24,25)17-6-7-19(27-4)18(14-17)20(23)22-11-8-16(3)9-12-22/h6-7,14-16,21H,5,8-13H2,1-4H3. The predicted octanol–water partition coefficient (Wildman–Crippen LogP) is 3.37. The van der Waals surface area contributed by atoms with Gasteiger partial charge in [-0.25, -0.2) is 13.1 Å². The zero-order chi connectivity index (χ0) is 20.7. The number of amides is 1. The van der Waals surface area contributed by atoms with E-state index in [1.54, 1.807) is 12.1 Å². The molecule has 0 unspecified atom stereocenters. The van der Waals surface area contributed by atoms with Gasteiger partial charge in [0.1, 0.15) is 0 Å². The molecule has 0 atom stereocenters.